The fourth-order valence-corrected chi connectivity index (χ4v) is 4.38. The molecule has 12 nitrogen and oxygen atoms in total. The minimum atomic E-state index is -0.686. The van der Waals surface area contributed by atoms with Gasteiger partial charge in [-0.05, 0) is 61.5 Å². The van der Waals surface area contributed by atoms with Gasteiger partial charge in [0.15, 0.2) is 6.23 Å². The summed E-state index contributed by atoms with van der Waals surface area (Å²) in [6.07, 6.45) is 0.945. The summed E-state index contributed by atoms with van der Waals surface area (Å²) in [7, 11) is 3.23. The van der Waals surface area contributed by atoms with Crippen molar-refractivity contribution in [2.45, 2.75) is 40.0 Å². The minimum absolute atomic E-state index is 0.0354. The average molecular weight is 600 g/mol. The first kappa shape index (κ1) is 31.7. The minimum Gasteiger partial charge on any atom is -0.469 e. The Balaban J connectivity index is 1.45. The van der Waals surface area contributed by atoms with Gasteiger partial charge < -0.3 is 25.1 Å². The van der Waals surface area contributed by atoms with E-state index in [0.29, 0.717) is 29.0 Å². The number of fused-ring (bicyclic) bond motifs is 1. The monoisotopic (exact) mass is 599 g/mol. The van der Waals surface area contributed by atoms with Crippen molar-refractivity contribution in [2.75, 3.05) is 23.9 Å². The van der Waals surface area contributed by atoms with Gasteiger partial charge in [0.2, 0.25) is 0 Å². The normalized spacial score (nSPS) is 12.2. The van der Waals surface area contributed by atoms with Gasteiger partial charge in [0.25, 0.3) is 5.91 Å². The molecular weight excluding hydrogens is 562 g/mol. The fraction of sp³-hybridized carbons (Fsp3) is 0.312. The molecule has 2 aromatic carbocycles. The van der Waals surface area contributed by atoms with E-state index in [1.807, 2.05) is 41.9 Å². The topological polar surface area (TPSA) is 154 Å². The van der Waals surface area contributed by atoms with E-state index < -0.39 is 12.2 Å². The summed E-state index contributed by atoms with van der Waals surface area (Å²) < 4.78 is 12.0. The average Bonchev–Trinajstić information content (AvgIpc) is 3.34. The number of rotatable bonds is 12. The second-order valence-corrected chi connectivity index (χ2v) is 10.4. The van der Waals surface area contributed by atoms with Crippen LogP contribution in [-0.2, 0) is 32.7 Å². The Morgan fingerprint density at radius 2 is 1.77 bits per heavy atom. The predicted octanol–water partition coefficient (Wildman–Crippen LogP) is 4.04. The Bertz CT molecular complexity index is 1650. The van der Waals surface area contributed by atoms with E-state index >= 15 is 0 Å². The van der Waals surface area contributed by atoms with Crippen LogP contribution in [0.2, 0.25) is 0 Å². The van der Waals surface area contributed by atoms with E-state index in [1.165, 1.54) is 12.0 Å². The number of hydrogen-bond acceptors (Lipinski definition) is 9. The van der Waals surface area contributed by atoms with Crippen LogP contribution in [0.25, 0.3) is 11.0 Å². The summed E-state index contributed by atoms with van der Waals surface area (Å²) in [5.41, 5.74) is 9.62. The number of imidazole rings is 1. The summed E-state index contributed by atoms with van der Waals surface area (Å²) >= 11 is 0. The number of aliphatic imine (C=N–C) groups is 1. The van der Waals surface area contributed by atoms with Gasteiger partial charge in [-0.15, -0.1) is 0 Å². The van der Waals surface area contributed by atoms with Gasteiger partial charge >= 0.3 is 11.9 Å². The number of ether oxygens (including phenoxy) is 2. The molecule has 4 aromatic rings. The molecule has 4 rings (SSSR count). The largest absolute Gasteiger partial charge is 0.469 e. The number of nitrogens with one attached hydrogen (secondary N) is 1. The van der Waals surface area contributed by atoms with Crippen molar-refractivity contribution in [3.63, 3.8) is 0 Å². The lowest BCUT2D eigenvalue weighted by atomic mass is 10.1. The highest BCUT2D eigenvalue weighted by Gasteiger charge is 2.21. The molecule has 0 bridgehead atoms. The number of aromatic nitrogens is 3. The second-order valence-electron chi connectivity index (χ2n) is 10.4. The number of carbonyl (C=O) groups is 3. The lowest BCUT2D eigenvalue weighted by molar-refractivity contribution is -0.151. The van der Waals surface area contributed by atoms with Crippen LogP contribution >= 0.6 is 0 Å². The fourth-order valence-electron chi connectivity index (χ4n) is 4.38. The number of carbonyl (C=O) groups excluding carboxylic acids is 3. The number of amides is 1. The third-order valence-corrected chi connectivity index (χ3v) is 6.87. The Labute approximate surface area is 255 Å². The maximum absolute atomic E-state index is 13.5. The van der Waals surface area contributed by atoms with Crippen molar-refractivity contribution in [2.24, 2.45) is 23.7 Å². The van der Waals surface area contributed by atoms with E-state index in [9.17, 15) is 14.4 Å². The van der Waals surface area contributed by atoms with Crippen molar-refractivity contribution in [1.82, 2.24) is 14.5 Å². The highest BCUT2D eigenvalue weighted by Crippen LogP contribution is 2.21. The number of benzene rings is 2. The van der Waals surface area contributed by atoms with Crippen LogP contribution in [0.3, 0.4) is 0 Å². The summed E-state index contributed by atoms with van der Waals surface area (Å²) in [5.74, 6) is 0.190. The van der Waals surface area contributed by atoms with E-state index in [0.717, 1.165) is 17.0 Å². The zero-order chi connectivity index (χ0) is 31.8. The Morgan fingerprint density at radius 3 is 2.43 bits per heavy atom. The lowest BCUT2D eigenvalue weighted by Crippen LogP contribution is -2.33. The Morgan fingerprint density at radius 1 is 1.05 bits per heavy atom. The number of pyridine rings is 1. The van der Waals surface area contributed by atoms with Gasteiger partial charge in [-0.2, -0.15) is 0 Å². The van der Waals surface area contributed by atoms with Crippen LogP contribution in [0.5, 0.6) is 0 Å². The maximum Gasteiger partial charge on any atom is 0.310 e. The zero-order valence-corrected chi connectivity index (χ0v) is 25.5. The summed E-state index contributed by atoms with van der Waals surface area (Å²) in [6, 6.07) is 18.0. The van der Waals surface area contributed by atoms with Crippen LogP contribution in [0.15, 0.2) is 71.9 Å². The molecule has 230 valence electrons. The number of methoxy groups -OCH3 is 1. The van der Waals surface area contributed by atoms with Crippen molar-refractivity contribution in [1.29, 1.82) is 0 Å². The molecular formula is C32H37N7O5. The van der Waals surface area contributed by atoms with Crippen molar-refractivity contribution >= 4 is 46.2 Å². The molecule has 12 heteroatoms. The van der Waals surface area contributed by atoms with Gasteiger partial charge in [0.05, 0.1) is 37.0 Å². The molecule has 0 saturated carbocycles. The van der Waals surface area contributed by atoms with Gasteiger partial charge in [-0.1, -0.05) is 19.9 Å². The summed E-state index contributed by atoms with van der Waals surface area (Å²) in [5, 5.41) is 3.36. The number of hydrogen-bond donors (Lipinski definition) is 2. The zero-order valence-electron chi connectivity index (χ0n) is 25.5. The van der Waals surface area contributed by atoms with Crippen molar-refractivity contribution < 1.29 is 23.9 Å². The van der Waals surface area contributed by atoms with E-state index in [2.05, 4.69) is 15.3 Å². The number of aryl methyl sites for hydroxylation is 1. The molecule has 3 N–H and O–H groups in total. The number of esters is 2. The highest BCUT2D eigenvalue weighted by atomic mass is 16.6. The summed E-state index contributed by atoms with van der Waals surface area (Å²) in [4.78, 5) is 51.9. The number of nitrogens with two attached hydrogens (primary N) is 1. The van der Waals surface area contributed by atoms with Gasteiger partial charge in [0.1, 0.15) is 17.5 Å². The molecule has 1 amide bonds. The number of anilines is 2. The first-order valence-corrected chi connectivity index (χ1v) is 14.2. The van der Waals surface area contributed by atoms with E-state index in [1.54, 1.807) is 57.3 Å². The molecule has 0 spiro atoms. The molecule has 0 saturated heterocycles. The van der Waals surface area contributed by atoms with E-state index in [-0.39, 0.29) is 36.6 Å². The van der Waals surface area contributed by atoms with Gasteiger partial charge in [-0.25, -0.2) is 15.0 Å². The van der Waals surface area contributed by atoms with E-state index in [4.69, 9.17) is 20.2 Å². The van der Waals surface area contributed by atoms with Crippen LogP contribution in [0, 0.1) is 5.92 Å². The molecule has 0 radical (unpaired) electrons. The van der Waals surface area contributed by atoms with Crippen LogP contribution in [0.4, 0.5) is 11.5 Å². The Hall–Kier alpha value is -5.26. The lowest BCUT2D eigenvalue weighted by Gasteiger charge is -2.21. The third kappa shape index (κ3) is 7.77. The molecule has 0 fully saturated rings. The number of amidine groups is 1. The third-order valence-electron chi connectivity index (χ3n) is 6.87. The van der Waals surface area contributed by atoms with Gasteiger partial charge in [-0.3, -0.25) is 19.3 Å². The first-order valence-electron chi connectivity index (χ1n) is 14.2. The Kier molecular flexibility index (Phi) is 10.3. The van der Waals surface area contributed by atoms with Crippen LogP contribution in [-0.4, -0.2) is 58.1 Å². The molecule has 1 atom stereocenters. The molecule has 0 aliphatic heterocycles. The van der Waals surface area contributed by atoms with Gasteiger partial charge in [0, 0.05) is 36.6 Å². The first-order chi connectivity index (χ1) is 21.1. The molecule has 2 heterocycles. The van der Waals surface area contributed by atoms with Crippen molar-refractivity contribution in [3.05, 3.63) is 83.8 Å². The number of nitrogens with zero attached hydrogens (tertiary/aromatic N) is 5. The molecule has 0 aliphatic rings. The van der Waals surface area contributed by atoms with Crippen molar-refractivity contribution in [3.8, 4) is 0 Å². The summed E-state index contributed by atoms with van der Waals surface area (Å²) in [6.45, 7) is 5.74. The predicted molar refractivity (Wildman–Crippen MR) is 168 cm³/mol. The molecule has 44 heavy (non-hydrogen) atoms. The molecule has 2 aromatic heterocycles. The maximum atomic E-state index is 13.5. The molecule has 0 aliphatic carbocycles. The SMILES string of the molecule is COC(=O)CCN(C(=O)c1ccc2c(c1)nc(CNc1ccc(/C(N)=N/C(C)OC(=O)C(C)C)cc1)n2C)c1ccccn1. The smallest absolute Gasteiger partial charge is 0.310 e. The van der Waals surface area contributed by atoms with Crippen LogP contribution in [0.1, 0.15) is 48.9 Å². The quantitative estimate of drug-likeness (QED) is 0.139. The highest BCUT2D eigenvalue weighted by molar-refractivity contribution is 6.07. The van der Waals surface area contributed by atoms with Crippen LogP contribution < -0.4 is 16.0 Å². The standard InChI is InChI=1S/C32H37N7O5/c1-20(2)32(42)44-21(3)36-30(33)22-9-12-24(13-10-22)35-19-28-37-25-18-23(11-14-26(25)38(28)4)31(41)39(17-15-29(40)43-5)27-8-6-7-16-34-27/h6-14,16,18,20-21,35H,15,17,19H2,1-5H3,(H2,33,36). The second kappa shape index (κ2) is 14.3. The molecule has 1 unspecified atom stereocenters.